The Kier molecular flexibility index (Phi) is 7.14. The normalized spacial score (nSPS) is 13.7. The van der Waals surface area contributed by atoms with E-state index in [9.17, 15) is 18.3 Å². The summed E-state index contributed by atoms with van der Waals surface area (Å²) in [4.78, 5) is 2.16. The zero-order valence-corrected chi connectivity index (χ0v) is 12.5. The number of alkyl halides is 3. The van der Waals surface area contributed by atoms with Gasteiger partial charge in [-0.05, 0) is 24.7 Å². The fourth-order valence-corrected chi connectivity index (χ4v) is 2.27. The van der Waals surface area contributed by atoms with E-state index in [2.05, 4.69) is 10.2 Å². The smallest absolute Gasteiger partial charge is 0.394 e. The summed E-state index contributed by atoms with van der Waals surface area (Å²) in [5, 5.41) is 12.4. The maximum absolute atomic E-state index is 13.0. The van der Waals surface area contributed by atoms with Gasteiger partial charge in [0.15, 0.2) is 0 Å². The van der Waals surface area contributed by atoms with Crippen LogP contribution in [0.5, 0.6) is 0 Å². The number of benzene rings is 1. The summed E-state index contributed by atoms with van der Waals surface area (Å²) in [6.07, 6.45) is -4.41. The molecule has 0 aliphatic carbocycles. The van der Waals surface area contributed by atoms with Crippen molar-refractivity contribution in [1.82, 2.24) is 10.2 Å². The molecule has 0 aliphatic rings. The Morgan fingerprint density at radius 2 is 1.81 bits per heavy atom. The minimum absolute atomic E-state index is 0.0899. The van der Waals surface area contributed by atoms with Gasteiger partial charge in [-0.3, -0.25) is 0 Å². The molecule has 0 spiro atoms. The van der Waals surface area contributed by atoms with Crippen molar-refractivity contribution in [3.63, 3.8) is 0 Å². The second kappa shape index (κ2) is 8.36. The zero-order valence-electron chi connectivity index (χ0n) is 12.5. The summed E-state index contributed by atoms with van der Waals surface area (Å²) < 4.78 is 39.0. The second-order valence-electron chi connectivity index (χ2n) is 4.80. The average Bonchev–Trinajstić information content (AvgIpc) is 2.47. The van der Waals surface area contributed by atoms with Gasteiger partial charge in [0.25, 0.3) is 0 Å². The predicted molar refractivity (Wildman–Crippen MR) is 77.1 cm³/mol. The molecule has 1 unspecified atom stereocenters. The summed E-state index contributed by atoms with van der Waals surface area (Å²) in [5.41, 5.74) is -0.605. The van der Waals surface area contributed by atoms with Gasteiger partial charge in [-0.15, -0.1) is 0 Å². The van der Waals surface area contributed by atoms with Gasteiger partial charge in [0.2, 0.25) is 0 Å². The highest BCUT2D eigenvalue weighted by Gasteiger charge is 2.34. The minimum atomic E-state index is -4.41. The van der Waals surface area contributed by atoms with Crippen LogP contribution in [0.25, 0.3) is 0 Å². The summed E-state index contributed by atoms with van der Waals surface area (Å²) in [6, 6.07) is 4.66. The van der Waals surface area contributed by atoms with E-state index in [0.29, 0.717) is 6.54 Å². The standard InChI is InChI=1S/C15H23F3N2O/c1-3-20(4-2)10-9-19-14(11-21)12-7-5-6-8-13(12)15(16,17)18/h5-8,14,19,21H,3-4,9-11H2,1-2H3. The lowest BCUT2D eigenvalue weighted by Crippen LogP contribution is -2.35. The lowest BCUT2D eigenvalue weighted by atomic mass is 10.0. The van der Waals surface area contributed by atoms with Crippen LogP contribution in [0, 0.1) is 0 Å². The van der Waals surface area contributed by atoms with E-state index in [1.165, 1.54) is 12.1 Å². The number of hydrogen-bond acceptors (Lipinski definition) is 3. The van der Waals surface area contributed by atoms with Gasteiger partial charge in [-0.25, -0.2) is 0 Å². The van der Waals surface area contributed by atoms with Crippen molar-refractivity contribution in [3.8, 4) is 0 Å². The van der Waals surface area contributed by atoms with Crippen LogP contribution in [0.4, 0.5) is 13.2 Å². The van der Waals surface area contributed by atoms with Gasteiger partial charge >= 0.3 is 6.18 Å². The lowest BCUT2D eigenvalue weighted by molar-refractivity contribution is -0.138. The molecule has 0 bridgehead atoms. The van der Waals surface area contributed by atoms with E-state index in [4.69, 9.17) is 0 Å². The summed E-state index contributed by atoms with van der Waals surface area (Å²) in [7, 11) is 0. The van der Waals surface area contributed by atoms with Gasteiger partial charge < -0.3 is 15.3 Å². The molecule has 120 valence electrons. The molecule has 1 aromatic carbocycles. The van der Waals surface area contributed by atoms with Crippen LogP contribution < -0.4 is 5.32 Å². The Labute approximate surface area is 123 Å². The minimum Gasteiger partial charge on any atom is -0.394 e. The second-order valence-corrected chi connectivity index (χ2v) is 4.80. The first-order valence-corrected chi connectivity index (χ1v) is 7.16. The van der Waals surface area contributed by atoms with Crippen LogP contribution in [-0.2, 0) is 6.18 Å². The van der Waals surface area contributed by atoms with Crippen molar-refractivity contribution in [2.24, 2.45) is 0 Å². The maximum atomic E-state index is 13.0. The molecule has 0 saturated carbocycles. The van der Waals surface area contributed by atoms with Crippen molar-refractivity contribution in [3.05, 3.63) is 35.4 Å². The molecule has 3 nitrogen and oxygen atoms in total. The highest BCUT2D eigenvalue weighted by molar-refractivity contribution is 5.32. The first-order chi connectivity index (χ1) is 9.93. The molecule has 6 heteroatoms. The van der Waals surface area contributed by atoms with Crippen LogP contribution in [0.2, 0.25) is 0 Å². The molecule has 2 N–H and O–H groups in total. The summed E-state index contributed by atoms with van der Waals surface area (Å²) in [5.74, 6) is 0. The number of nitrogens with zero attached hydrogens (tertiary/aromatic N) is 1. The van der Waals surface area contributed by atoms with Crippen molar-refractivity contribution >= 4 is 0 Å². The van der Waals surface area contributed by atoms with E-state index >= 15 is 0 Å². The Morgan fingerprint density at radius 3 is 2.33 bits per heavy atom. The number of nitrogens with one attached hydrogen (secondary N) is 1. The topological polar surface area (TPSA) is 35.5 Å². The first kappa shape index (κ1) is 17.9. The number of halogens is 3. The molecular weight excluding hydrogens is 281 g/mol. The molecule has 1 atom stereocenters. The van der Waals surface area contributed by atoms with Crippen LogP contribution in [-0.4, -0.2) is 42.8 Å². The maximum Gasteiger partial charge on any atom is 0.416 e. The molecule has 0 saturated heterocycles. The Morgan fingerprint density at radius 1 is 1.19 bits per heavy atom. The number of likely N-dealkylation sites (N-methyl/N-ethyl adjacent to an activating group) is 1. The Balaban J connectivity index is 2.77. The van der Waals surface area contributed by atoms with Crippen LogP contribution >= 0.6 is 0 Å². The van der Waals surface area contributed by atoms with E-state index in [-0.39, 0.29) is 12.2 Å². The third kappa shape index (κ3) is 5.30. The number of hydrogen-bond donors (Lipinski definition) is 2. The molecule has 0 amide bonds. The van der Waals surface area contributed by atoms with Crippen LogP contribution in [0.3, 0.4) is 0 Å². The SMILES string of the molecule is CCN(CC)CCNC(CO)c1ccccc1C(F)(F)F. The molecule has 0 aliphatic heterocycles. The molecule has 0 fully saturated rings. The van der Waals surface area contributed by atoms with Crippen molar-refractivity contribution in [2.75, 3.05) is 32.8 Å². The summed E-state index contributed by atoms with van der Waals surface area (Å²) in [6.45, 7) is 6.74. The highest BCUT2D eigenvalue weighted by Crippen LogP contribution is 2.34. The third-order valence-electron chi connectivity index (χ3n) is 3.54. The van der Waals surface area contributed by atoms with Crippen LogP contribution in [0.1, 0.15) is 31.0 Å². The zero-order chi connectivity index (χ0) is 15.9. The van der Waals surface area contributed by atoms with Crippen molar-refractivity contribution in [2.45, 2.75) is 26.1 Å². The van der Waals surface area contributed by atoms with E-state index in [1.54, 1.807) is 6.07 Å². The predicted octanol–water partition coefficient (Wildman–Crippen LogP) is 2.67. The first-order valence-electron chi connectivity index (χ1n) is 7.16. The average molecular weight is 304 g/mol. The van der Waals surface area contributed by atoms with E-state index in [1.807, 2.05) is 13.8 Å². The van der Waals surface area contributed by atoms with Crippen molar-refractivity contribution < 1.29 is 18.3 Å². The number of rotatable bonds is 8. The van der Waals surface area contributed by atoms with Gasteiger partial charge in [0, 0.05) is 13.1 Å². The monoisotopic (exact) mass is 304 g/mol. The molecule has 0 radical (unpaired) electrons. The summed E-state index contributed by atoms with van der Waals surface area (Å²) >= 11 is 0. The lowest BCUT2D eigenvalue weighted by Gasteiger charge is -2.23. The third-order valence-corrected chi connectivity index (χ3v) is 3.54. The van der Waals surface area contributed by atoms with Gasteiger partial charge in [0.1, 0.15) is 0 Å². The van der Waals surface area contributed by atoms with Gasteiger partial charge in [0.05, 0.1) is 18.2 Å². The molecule has 0 aromatic heterocycles. The number of aliphatic hydroxyl groups excluding tert-OH is 1. The Hall–Kier alpha value is -1.11. The van der Waals surface area contributed by atoms with Gasteiger partial charge in [-0.1, -0.05) is 32.0 Å². The van der Waals surface area contributed by atoms with Crippen molar-refractivity contribution in [1.29, 1.82) is 0 Å². The quantitative estimate of drug-likeness (QED) is 0.775. The Bertz CT molecular complexity index is 420. The fraction of sp³-hybridized carbons (Fsp3) is 0.600. The highest BCUT2D eigenvalue weighted by atomic mass is 19.4. The molecule has 1 rings (SSSR count). The fourth-order valence-electron chi connectivity index (χ4n) is 2.27. The molecule has 1 aromatic rings. The van der Waals surface area contributed by atoms with E-state index < -0.39 is 17.8 Å². The largest absolute Gasteiger partial charge is 0.416 e. The van der Waals surface area contributed by atoms with E-state index in [0.717, 1.165) is 25.7 Å². The van der Waals surface area contributed by atoms with Gasteiger partial charge in [-0.2, -0.15) is 13.2 Å². The number of aliphatic hydroxyl groups is 1. The molecule has 21 heavy (non-hydrogen) atoms. The van der Waals surface area contributed by atoms with Crippen LogP contribution in [0.15, 0.2) is 24.3 Å². The molecular formula is C15H23F3N2O. The molecule has 0 heterocycles.